The third-order valence-corrected chi connectivity index (χ3v) is 4.97. The summed E-state index contributed by atoms with van der Waals surface area (Å²) >= 11 is 0. The number of para-hydroxylation sites is 1. The Morgan fingerprint density at radius 1 is 1.07 bits per heavy atom. The molecule has 6 nitrogen and oxygen atoms in total. The second kappa shape index (κ2) is 7.24. The Hall–Kier alpha value is -3.93. The number of rotatable bonds is 4. The van der Waals surface area contributed by atoms with Crippen molar-refractivity contribution in [3.05, 3.63) is 93.4 Å². The number of aromatic carboxylic acids is 1. The Balaban J connectivity index is 1.84. The van der Waals surface area contributed by atoms with Crippen LogP contribution in [0.4, 0.5) is 5.69 Å². The molecule has 0 unspecified atom stereocenters. The zero-order valence-electron chi connectivity index (χ0n) is 16.0. The van der Waals surface area contributed by atoms with Crippen LogP contribution in [0.25, 0.3) is 16.5 Å². The maximum Gasteiger partial charge on any atom is 0.338 e. The topological polar surface area (TPSA) is 87.5 Å². The van der Waals surface area contributed by atoms with Crippen molar-refractivity contribution in [3.63, 3.8) is 0 Å². The highest BCUT2D eigenvalue weighted by Gasteiger charge is 2.17. The molecule has 4 aromatic rings. The minimum absolute atomic E-state index is 0.136. The van der Waals surface area contributed by atoms with Crippen molar-refractivity contribution in [3.8, 4) is 5.69 Å². The fourth-order valence-electron chi connectivity index (χ4n) is 3.49. The van der Waals surface area contributed by atoms with Gasteiger partial charge in [0.25, 0.3) is 5.56 Å². The lowest BCUT2D eigenvalue weighted by molar-refractivity contribution is 0.0697. The van der Waals surface area contributed by atoms with Crippen molar-refractivity contribution in [2.45, 2.75) is 13.8 Å². The summed E-state index contributed by atoms with van der Waals surface area (Å²) in [4.78, 5) is 29.1. The standard InChI is InChI=1S/C23H19N3O3/c1-14-18-11-7-6-8-16(18)12-20(21(14)23(28)29)24-13-19-15(2)25-26(22(19)27)17-9-4-3-5-10-17/h3-13,25H,1-2H3,(H,28,29). The summed E-state index contributed by atoms with van der Waals surface area (Å²) in [5, 5.41) is 14.5. The van der Waals surface area contributed by atoms with E-state index >= 15 is 0 Å². The number of hydrogen-bond donors (Lipinski definition) is 2. The van der Waals surface area contributed by atoms with E-state index < -0.39 is 5.97 Å². The quantitative estimate of drug-likeness (QED) is 0.511. The fourth-order valence-corrected chi connectivity index (χ4v) is 3.49. The summed E-state index contributed by atoms with van der Waals surface area (Å²) in [6.45, 7) is 3.56. The van der Waals surface area contributed by atoms with E-state index in [1.54, 1.807) is 19.9 Å². The molecule has 29 heavy (non-hydrogen) atoms. The molecule has 0 aliphatic heterocycles. The van der Waals surface area contributed by atoms with Crippen LogP contribution in [0.1, 0.15) is 27.2 Å². The van der Waals surface area contributed by atoms with Gasteiger partial charge in [-0.25, -0.2) is 9.48 Å². The van der Waals surface area contributed by atoms with Gasteiger partial charge in [0.1, 0.15) is 0 Å². The molecule has 0 bridgehead atoms. The molecule has 0 spiro atoms. The number of carbonyl (C=O) groups is 1. The minimum Gasteiger partial charge on any atom is -0.478 e. The predicted molar refractivity (Wildman–Crippen MR) is 114 cm³/mol. The lowest BCUT2D eigenvalue weighted by Crippen LogP contribution is -2.17. The third kappa shape index (κ3) is 3.25. The molecule has 1 heterocycles. The van der Waals surface area contributed by atoms with Crippen LogP contribution < -0.4 is 5.56 Å². The molecule has 0 aliphatic carbocycles. The highest BCUT2D eigenvalue weighted by Crippen LogP contribution is 2.31. The second-order valence-electron chi connectivity index (χ2n) is 6.81. The summed E-state index contributed by atoms with van der Waals surface area (Å²) in [6, 6.07) is 18.5. The van der Waals surface area contributed by atoms with Crippen molar-refractivity contribution in [2.24, 2.45) is 4.99 Å². The molecule has 4 rings (SSSR count). The number of fused-ring (bicyclic) bond motifs is 1. The highest BCUT2D eigenvalue weighted by molar-refractivity contribution is 6.04. The number of nitrogens with zero attached hydrogens (tertiary/aromatic N) is 2. The first-order valence-corrected chi connectivity index (χ1v) is 9.14. The van der Waals surface area contributed by atoms with Crippen LogP contribution in [0.5, 0.6) is 0 Å². The van der Waals surface area contributed by atoms with Crippen LogP contribution in [0.2, 0.25) is 0 Å². The average molecular weight is 385 g/mol. The first kappa shape index (κ1) is 18.4. The Kier molecular flexibility index (Phi) is 4.60. The van der Waals surface area contributed by atoms with E-state index in [1.807, 2.05) is 54.6 Å². The number of benzene rings is 3. The molecule has 0 amide bonds. The molecule has 0 radical (unpaired) electrons. The van der Waals surface area contributed by atoms with Gasteiger partial charge in [0.15, 0.2) is 0 Å². The third-order valence-electron chi connectivity index (χ3n) is 4.97. The monoisotopic (exact) mass is 385 g/mol. The van der Waals surface area contributed by atoms with E-state index in [1.165, 1.54) is 10.9 Å². The highest BCUT2D eigenvalue weighted by atomic mass is 16.4. The van der Waals surface area contributed by atoms with Gasteiger partial charge in [0.2, 0.25) is 0 Å². The molecule has 6 heteroatoms. The van der Waals surface area contributed by atoms with E-state index in [-0.39, 0.29) is 11.1 Å². The molecular weight excluding hydrogens is 366 g/mol. The van der Waals surface area contributed by atoms with E-state index in [9.17, 15) is 14.7 Å². The molecule has 0 saturated heterocycles. The number of aromatic amines is 1. The van der Waals surface area contributed by atoms with Crippen molar-refractivity contribution in [1.29, 1.82) is 0 Å². The van der Waals surface area contributed by atoms with Gasteiger partial charge in [0, 0.05) is 11.9 Å². The van der Waals surface area contributed by atoms with E-state index in [2.05, 4.69) is 10.1 Å². The number of carboxylic acids is 1. The Morgan fingerprint density at radius 3 is 2.48 bits per heavy atom. The largest absolute Gasteiger partial charge is 0.478 e. The number of nitrogens with one attached hydrogen (secondary N) is 1. The maximum atomic E-state index is 12.8. The van der Waals surface area contributed by atoms with Crippen molar-refractivity contribution < 1.29 is 9.90 Å². The fraction of sp³-hybridized carbons (Fsp3) is 0.0870. The number of carboxylic acid groups (broad SMARTS) is 1. The Morgan fingerprint density at radius 2 is 1.76 bits per heavy atom. The zero-order valence-corrected chi connectivity index (χ0v) is 16.0. The smallest absolute Gasteiger partial charge is 0.338 e. The molecule has 1 aromatic heterocycles. The second-order valence-corrected chi connectivity index (χ2v) is 6.81. The van der Waals surface area contributed by atoms with Gasteiger partial charge in [-0.2, -0.15) is 0 Å². The SMILES string of the molecule is Cc1[nH]n(-c2ccccc2)c(=O)c1C=Nc1cc2ccccc2c(C)c1C(=O)O. The molecular formula is C23H19N3O3. The summed E-state index contributed by atoms with van der Waals surface area (Å²) < 4.78 is 1.44. The van der Waals surface area contributed by atoms with Crippen LogP contribution in [0.15, 0.2) is 70.5 Å². The van der Waals surface area contributed by atoms with Crippen molar-refractivity contribution in [2.75, 3.05) is 0 Å². The zero-order chi connectivity index (χ0) is 20.5. The predicted octanol–water partition coefficient (Wildman–Crippen LogP) is 4.38. The van der Waals surface area contributed by atoms with Crippen molar-refractivity contribution in [1.82, 2.24) is 9.78 Å². The van der Waals surface area contributed by atoms with Gasteiger partial charge < -0.3 is 5.11 Å². The van der Waals surface area contributed by atoms with E-state index in [0.717, 1.165) is 10.8 Å². The van der Waals surface area contributed by atoms with Gasteiger partial charge in [0.05, 0.1) is 22.5 Å². The molecule has 0 aliphatic rings. The number of aryl methyl sites for hydroxylation is 2. The minimum atomic E-state index is -1.05. The Labute approximate surface area is 166 Å². The van der Waals surface area contributed by atoms with Gasteiger partial charge in [-0.05, 0) is 48.4 Å². The molecule has 0 atom stereocenters. The van der Waals surface area contributed by atoms with Crippen LogP contribution in [0, 0.1) is 13.8 Å². The molecule has 144 valence electrons. The average Bonchev–Trinajstić information content (AvgIpc) is 3.00. The number of aromatic nitrogens is 2. The van der Waals surface area contributed by atoms with Gasteiger partial charge in [-0.15, -0.1) is 0 Å². The number of H-pyrrole nitrogens is 1. The lowest BCUT2D eigenvalue weighted by atomic mass is 9.98. The molecule has 2 N–H and O–H groups in total. The first-order valence-electron chi connectivity index (χ1n) is 9.14. The molecule has 0 fully saturated rings. The van der Waals surface area contributed by atoms with Gasteiger partial charge in [-0.1, -0.05) is 42.5 Å². The van der Waals surface area contributed by atoms with Gasteiger partial charge >= 0.3 is 5.97 Å². The lowest BCUT2D eigenvalue weighted by Gasteiger charge is -2.09. The van der Waals surface area contributed by atoms with Gasteiger partial charge in [-0.3, -0.25) is 14.9 Å². The molecule has 0 saturated carbocycles. The van der Waals surface area contributed by atoms with Crippen LogP contribution in [0.3, 0.4) is 0 Å². The number of aliphatic imine (C=N–C) groups is 1. The molecule has 3 aromatic carbocycles. The maximum absolute atomic E-state index is 12.8. The van der Waals surface area contributed by atoms with E-state index in [4.69, 9.17) is 0 Å². The summed E-state index contributed by atoms with van der Waals surface area (Å²) in [5.74, 6) is -1.05. The van der Waals surface area contributed by atoms with E-state index in [0.29, 0.717) is 28.2 Å². The Bertz CT molecular complexity index is 1310. The van der Waals surface area contributed by atoms with Crippen LogP contribution >= 0.6 is 0 Å². The first-order chi connectivity index (χ1) is 14.0. The summed E-state index contributed by atoms with van der Waals surface area (Å²) in [5.41, 5.74) is 2.61. The summed E-state index contributed by atoms with van der Waals surface area (Å²) in [7, 11) is 0. The van der Waals surface area contributed by atoms with Crippen LogP contribution in [-0.4, -0.2) is 27.1 Å². The summed E-state index contributed by atoms with van der Waals surface area (Å²) in [6.07, 6.45) is 1.43. The van der Waals surface area contributed by atoms with Crippen LogP contribution in [-0.2, 0) is 0 Å². The van der Waals surface area contributed by atoms with Crippen molar-refractivity contribution >= 4 is 28.6 Å². The normalized spacial score (nSPS) is 11.4. The number of hydrogen-bond acceptors (Lipinski definition) is 3.